The average molecular weight is 463 g/mol. The molecule has 0 aliphatic carbocycles. The summed E-state index contributed by atoms with van der Waals surface area (Å²) in [7, 11) is 0. The van der Waals surface area contributed by atoms with Gasteiger partial charge in [-0.15, -0.1) is 0 Å². The first kappa shape index (κ1) is 21.1. The van der Waals surface area contributed by atoms with Crippen LogP contribution in [0.1, 0.15) is 21.7 Å². The second kappa shape index (κ2) is 8.92. The molecule has 2 heterocycles. The van der Waals surface area contributed by atoms with E-state index in [0.717, 1.165) is 35.5 Å². The van der Waals surface area contributed by atoms with Gasteiger partial charge in [0.1, 0.15) is 5.76 Å². The van der Waals surface area contributed by atoms with Crippen molar-refractivity contribution in [1.82, 2.24) is 4.90 Å². The molecule has 5 nitrogen and oxygen atoms in total. The van der Waals surface area contributed by atoms with Crippen molar-refractivity contribution in [3.8, 4) is 0 Å². The van der Waals surface area contributed by atoms with Crippen LogP contribution < -0.4 is 5.32 Å². The maximum atomic E-state index is 12.8. The number of thioether (sulfide) groups is 1. The molecule has 4 rings (SSSR count). The van der Waals surface area contributed by atoms with Crippen molar-refractivity contribution in [3.63, 3.8) is 0 Å². The Hall–Kier alpha value is -2.15. The van der Waals surface area contributed by atoms with Crippen molar-refractivity contribution in [3.05, 3.63) is 63.3 Å². The second-order valence-electron chi connectivity index (χ2n) is 7.04. The summed E-state index contributed by atoms with van der Waals surface area (Å²) in [4.78, 5) is 27.5. The maximum Gasteiger partial charge on any atom is 0.258 e. The van der Waals surface area contributed by atoms with E-state index in [-0.39, 0.29) is 27.9 Å². The minimum absolute atomic E-state index is 0.0957. The van der Waals surface area contributed by atoms with Crippen LogP contribution in [0.2, 0.25) is 10.0 Å². The summed E-state index contributed by atoms with van der Waals surface area (Å²) >= 11 is 14.2. The number of amides is 2. The van der Waals surface area contributed by atoms with Crippen molar-refractivity contribution in [2.24, 2.45) is 0 Å². The quantitative estimate of drug-likeness (QED) is 0.562. The van der Waals surface area contributed by atoms with Gasteiger partial charge in [-0.05, 0) is 25.1 Å². The molecule has 1 aromatic heterocycles. The fourth-order valence-electron chi connectivity index (χ4n) is 3.58. The topological polar surface area (TPSA) is 62.6 Å². The summed E-state index contributed by atoms with van der Waals surface area (Å²) in [6.07, 6.45) is 0.275. The normalized spacial score (nSPS) is 14.2. The molecule has 1 fully saturated rings. The van der Waals surface area contributed by atoms with Crippen molar-refractivity contribution >= 4 is 63.4 Å². The van der Waals surface area contributed by atoms with E-state index in [9.17, 15) is 9.59 Å². The number of carbonyl (C=O) groups excluding carboxylic acids is 2. The van der Waals surface area contributed by atoms with Gasteiger partial charge in [-0.25, -0.2) is 0 Å². The van der Waals surface area contributed by atoms with Crippen LogP contribution in [0.3, 0.4) is 0 Å². The Morgan fingerprint density at radius 3 is 2.47 bits per heavy atom. The summed E-state index contributed by atoms with van der Waals surface area (Å²) in [5.74, 6) is 2.28. The largest absolute Gasteiger partial charge is 0.459 e. The number of aryl methyl sites for hydroxylation is 1. The van der Waals surface area contributed by atoms with E-state index in [4.69, 9.17) is 27.6 Å². The van der Waals surface area contributed by atoms with E-state index >= 15 is 0 Å². The van der Waals surface area contributed by atoms with Gasteiger partial charge in [0, 0.05) is 35.5 Å². The molecular formula is C22H20Cl2N2O3S. The van der Waals surface area contributed by atoms with Gasteiger partial charge in [0.15, 0.2) is 5.58 Å². The van der Waals surface area contributed by atoms with Crippen LogP contribution in [-0.4, -0.2) is 41.3 Å². The van der Waals surface area contributed by atoms with E-state index in [2.05, 4.69) is 5.32 Å². The molecule has 3 aromatic rings. The first-order valence-corrected chi connectivity index (χ1v) is 11.5. The molecule has 156 valence electrons. The Kier molecular flexibility index (Phi) is 6.27. The molecule has 0 radical (unpaired) electrons. The minimum atomic E-state index is -0.421. The van der Waals surface area contributed by atoms with E-state index in [1.807, 2.05) is 35.7 Å². The Morgan fingerprint density at radius 2 is 1.77 bits per heavy atom. The first-order chi connectivity index (χ1) is 14.5. The van der Waals surface area contributed by atoms with Gasteiger partial charge in [-0.3, -0.25) is 9.59 Å². The maximum absolute atomic E-state index is 12.8. The van der Waals surface area contributed by atoms with Gasteiger partial charge in [0.25, 0.3) is 5.91 Å². The number of fused-ring (bicyclic) bond motifs is 1. The van der Waals surface area contributed by atoms with Gasteiger partial charge < -0.3 is 14.6 Å². The fraction of sp³-hybridized carbons (Fsp3) is 0.273. The number of nitrogens with zero attached hydrogens (tertiary/aromatic N) is 1. The zero-order valence-electron chi connectivity index (χ0n) is 16.3. The van der Waals surface area contributed by atoms with Crippen LogP contribution in [0.5, 0.6) is 0 Å². The number of rotatable bonds is 4. The molecule has 2 aromatic carbocycles. The molecule has 0 bridgehead atoms. The number of carbonyl (C=O) groups is 2. The molecule has 1 aliphatic rings. The third-order valence-corrected chi connectivity index (χ3v) is 6.72. The van der Waals surface area contributed by atoms with Gasteiger partial charge in [-0.1, -0.05) is 41.4 Å². The molecule has 0 saturated carbocycles. The number of hydrogen-bond acceptors (Lipinski definition) is 4. The predicted octanol–water partition coefficient (Wildman–Crippen LogP) is 5.42. The zero-order valence-corrected chi connectivity index (χ0v) is 18.7. The van der Waals surface area contributed by atoms with Crippen molar-refractivity contribution in [2.75, 3.05) is 29.9 Å². The lowest BCUT2D eigenvalue weighted by Crippen LogP contribution is -2.38. The number of nitrogens with one attached hydrogen (secondary N) is 1. The molecule has 1 N–H and O–H groups in total. The molecule has 0 atom stereocenters. The van der Waals surface area contributed by atoms with Crippen LogP contribution in [-0.2, 0) is 11.2 Å². The molecule has 1 aliphatic heterocycles. The summed E-state index contributed by atoms with van der Waals surface area (Å²) in [6, 6.07) is 10.4. The summed E-state index contributed by atoms with van der Waals surface area (Å²) < 4.78 is 5.96. The number of halogens is 2. The Bertz CT molecular complexity index is 1100. The van der Waals surface area contributed by atoms with Gasteiger partial charge in [0.2, 0.25) is 5.91 Å². The highest BCUT2D eigenvalue weighted by Crippen LogP contribution is 2.33. The molecule has 30 heavy (non-hydrogen) atoms. The van der Waals surface area contributed by atoms with Crippen LogP contribution in [0, 0.1) is 6.92 Å². The molecule has 0 unspecified atom stereocenters. The lowest BCUT2D eigenvalue weighted by atomic mass is 10.1. The van der Waals surface area contributed by atoms with E-state index in [1.165, 1.54) is 0 Å². The molecule has 1 saturated heterocycles. The highest BCUT2D eigenvalue weighted by atomic mass is 35.5. The molecule has 2 amide bonds. The van der Waals surface area contributed by atoms with E-state index in [1.54, 1.807) is 24.3 Å². The lowest BCUT2D eigenvalue weighted by Gasteiger charge is -2.26. The van der Waals surface area contributed by atoms with Crippen LogP contribution >= 0.6 is 35.0 Å². The summed E-state index contributed by atoms with van der Waals surface area (Å²) in [5, 5.41) is 4.20. The second-order valence-corrected chi connectivity index (χ2v) is 9.08. The third kappa shape index (κ3) is 4.17. The summed E-state index contributed by atoms with van der Waals surface area (Å²) in [5.41, 5.74) is 2.09. The lowest BCUT2D eigenvalue weighted by molar-refractivity contribution is -0.130. The third-order valence-electron chi connectivity index (χ3n) is 5.15. The number of anilines is 1. The van der Waals surface area contributed by atoms with Gasteiger partial charge in [-0.2, -0.15) is 11.8 Å². The fourth-order valence-corrected chi connectivity index (χ4v) is 5.05. The monoisotopic (exact) mass is 462 g/mol. The summed E-state index contributed by atoms with van der Waals surface area (Å²) in [6.45, 7) is 3.39. The van der Waals surface area contributed by atoms with E-state index in [0.29, 0.717) is 17.0 Å². The van der Waals surface area contributed by atoms with E-state index < -0.39 is 5.91 Å². The molecule has 0 spiro atoms. The van der Waals surface area contributed by atoms with Crippen LogP contribution in [0.4, 0.5) is 5.69 Å². The number of furan rings is 1. The van der Waals surface area contributed by atoms with Crippen LogP contribution in [0.15, 0.2) is 40.8 Å². The van der Waals surface area contributed by atoms with Crippen molar-refractivity contribution < 1.29 is 14.0 Å². The minimum Gasteiger partial charge on any atom is -0.459 e. The first-order valence-electron chi connectivity index (χ1n) is 9.57. The number of benzene rings is 2. The highest BCUT2D eigenvalue weighted by Gasteiger charge is 2.23. The smallest absolute Gasteiger partial charge is 0.258 e. The van der Waals surface area contributed by atoms with Gasteiger partial charge in [0.05, 0.1) is 27.7 Å². The zero-order chi connectivity index (χ0) is 21.3. The van der Waals surface area contributed by atoms with Crippen LogP contribution in [0.25, 0.3) is 11.0 Å². The molecular weight excluding hydrogens is 443 g/mol. The predicted molar refractivity (Wildman–Crippen MR) is 123 cm³/mol. The van der Waals surface area contributed by atoms with Crippen molar-refractivity contribution in [1.29, 1.82) is 0 Å². The number of para-hydroxylation sites is 1. The Labute approximate surface area is 188 Å². The highest BCUT2D eigenvalue weighted by molar-refractivity contribution is 7.99. The Balaban J connectivity index is 1.62. The van der Waals surface area contributed by atoms with Gasteiger partial charge >= 0.3 is 0 Å². The molecule has 8 heteroatoms. The Morgan fingerprint density at radius 1 is 1.10 bits per heavy atom. The van der Waals surface area contributed by atoms with Crippen molar-refractivity contribution in [2.45, 2.75) is 13.3 Å². The average Bonchev–Trinajstić information content (AvgIpc) is 3.05. The SMILES string of the molecule is Cc1oc2c(NC(=O)c3c(Cl)cccc3Cl)cccc2c1CC(=O)N1CCSCC1. The number of hydrogen-bond donors (Lipinski definition) is 1. The standard InChI is InChI=1S/C22H20Cl2N2O3S/c1-13-15(12-19(27)26-8-10-30-11-9-26)14-4-2-7-18(21(14)29-13)25-22(28)20-16(23)5-3-6-17(20)24/h2-7H,8-12H2,1H3,(H,25,28).